The molecule has 1 aromatic heterocycles. The van der Waals surface area contributed by atoms with Crippen molar-refractivity contribution in [3.8, 4) is 5.75 Å². The first-order valence-corrected chi connectivity index (χ1v) is 6.03. The second-order valence-electron chi connectivity index (χ2n) is 3.37. The summed E-state index contributed by atoms with van der Waals surface area (Å²) in [7, 11) is 1.67. The summed E-state index contributed by atoms with van der Waals surface area (Å²) in [6.45, 7) is 0.850. The third-order valence-electron chi connectivity index (χ3n) is 2.30. The number of rotatable bonds is 4. The molecule has 1 aromatic carbocycles. The van der Waals surface area contributed by atoms with Crippen molar-refractivity contribution in [2.45, 2.75) is 13.0 Å². The Labute approximate surface area is 108 Å². The lowest BCUT2D eigenvalue weighted by molar-refractivity contribution is 0.414. The Morgan fingerprint density at radius 1 is 1.31 bits per heavy atom. The van der Waals surface area contributed by atoms with Crippen LogP contribution in [0.15, 0.2) is 30.6 Å². The van der Waals surface area contributed by atoms with Gasteiger partial charge in [-0.1, -0.05) is 12.1 Å². The largest absolute Gasteiger partial charge is 0.497 e. The van der Waals surface area contributed by atoms with E-state index in [0.717, 1.165) is 22.5 Å². The van der Waals surface area contributed by atoms with Crippen LogP contribution < -0.4 is 4.74 Å². The van der Waals surface area contributed by atoms with Gasteiger partial charge in [-0.25, -0.2) is 4.98 Å². The minimum atomic E-state index is 0.785. The van der Waals surface area contributed by atoms with Gasteiger partial charge >= 0.3 is 0 Å². The van der Waals surface area contributed by atoms with Crippen LogP contribution in [-0.4, -0.2) is 21.9 Å². The van der Waals surface area contributed by atoms with E-state index in [1.807, 2.05) is 16.8 Å². The zero-order chi connectivity index (χ0) is 11.4. The summed E-state index contributed by atoms with van der Waals surface area (Å²) >= 11 is 2.10. The lowest BCUT2D eigenvalue weighted by Crippen LogP contribution is -2.02. The fourth-order valence-corrected chi connectivity index (χ4v) is 1.82. The Morgan fingerprint density at radius 2 is 2.06 bits per heavy atom. The minimum absolute atomic E-state index is 0.785. The van der Waals surface area contributed by atoms with E-state index in [9.17, 15) is 0 Å². The molecule has 2 rings (SSSR count). The quantitative estimate of drug-likeness (QED) is 0.807. The van der Waals surface area contributed by atoms with Gasteiger partial charge in [-0.05, 0) is 24.1 Å². The molecule has 0 aliphatic carbocycles. The highest BCUT2D eigenvalue weighted by molar-refractivity contribution is 14.1. The molecular weight excluding hydrogens is 317 g/mol. The van der Waals surface area contributed by atoms with Gasteiger partial charge in [0.15, 0.2) is 0 Å². The third kappa shape index (κ3) is 2.94. The van der Waals surface area contributed by atoms with E-state index in [1.165, 1.54) is 5.56 Å². The number of ether oxygens (including phenoxy) is 1. The molecular formula is C11H12IN3O. The number of hydrogen-bond donors (Lipinski definition) is 0. The zero-order valence-electron chi connectivity index (χ0n) is 8.93. The zero-order valence-corrected chi connectivity index (χ0v) is 11.1. The molecule has 0 N–H and O–H groups in total. The highest BCUT2D eigenvalue weighted by Gasteiger charge is 1.98. The van der Waals surface area contributed by atoms with Crippen molar-refractivity contribution in [1.82, 2.24) is 14.8 Å². The van der Waals surface area contributed by atoms with Crippen LogP contribution in [0.4, 0.5) is 0 Å². The summed E-state index contributed by atoms with van der Waals surface area (Å²) in [4.78, 5) is 4.07. The Morgan fingerprint density at radius 3 is 2.62 bits per heavy atom. The van der Waals surface area contributed by atoms with E-state index < -0.39 is 0 Å². The second-order valence-corrected chi connectivity index (χ2v) is 4.34. The fourth-order valence-electron chi connectivity index (χ4n) is 1.42. The van der Waals surface area contributed by atoms with E-state index in [0.29, 0.717) is 0 Å². The Kier molecular flexibility index (Phi) is 3.76. The summed E-state index contributed by atoms with van der Waals surface area (Å²) in [5.41, 5.74) is 1.27. The molecule has 0 saturated carbocycles. The molecule has 0 unspecified atom stereocenters. The van der Waals surface area contributed by atoms with Crippen molar-refractivity contribution in [1.29, 1.82) is 0 Å². The number of methoxy groups -OCH3 is 1. The minimum Gasteiger partial charge on any atom is -0.497 e. The van der Waals surface area contributed by atoms with Gasteiger partial charge in [0, 0.05) is 29.1 Å². The van der Waals surface area contributed by atoms with Crippen molar-refractivity contribution in [2.24, 2.45) is 0 Å². The van der Waals surface area contributed by atoms with Crippen LogP contribution in [0.25, 0.3) is 0 Å². The van der Waals surface area contributed by atoms with Crippen LogP contribution >= 0.6 is 22.6 Å². The molecule has 84 valence electrons. The average Bonchev–Trinajstić information content (AvgIpc) is 2.73. The molecule has 0 aliphatic rings. The SMILES string of the molecule is COc1ccc(CCn2cnc(I)n2)cc1. The highest BCUT2D eigenvalue weighted by Crippen LogP contribution is 2.12. The summed E-state index contributed by atoms with van der Waals surface area (Å²) in [6.07, 6.45) is 2.70. The van der Waals surface area contributed by atoms with Gasteiger partial charge in [-0.2, -0.15) is 0 Å². The molecule has 0 aliphatic heterocycles. The number of hydrogen-bond acceptors (Lipinski definition) is 3. The predicted molar refractivity (Wildman–Crippen MR) is 69.4 cm³/mol. The van der Waals surface area contributed by atoms with Gasteiger partial charge in [-0.15, -0.1) is 5.10 Å². The van der Waals surface area contributed by atoms with Gasteiger partial charge in [0.05, 0.1) is 7.11 Å². The van der Waals surface area contributed by atoms with Crippen LogP contribution in [-0.2, 0) is 13.0 Å². The van der Waals surface area contributed by atoms with Crippen molar-refractivity contribution >= 4 is 22.6 Å². The van der Waals surface area contributed by atoms with Gasteiger partial charge in [0.25, 0.3) is 0 Å². The van der Waals surface area contributed by atoms with Gasteiger partial charge in [-0.3, -0.25) is 4.68 Å². The predicted octanol–water partition coefficient (Wildman–Crippen LogP) is 2.13. The molecule has 1 heterocycles. The van der Waals surface area contributed by atoms with Crippen LogP contribution in [0.1, 0.15) is 5.56 Å². The topological polar surface area (TPSA) is 39.9 Å². The standard InChI is InChI=1S/C11H12IN3O/c1-16-10-4-2-9(3-5-10)6-7-15-8-13-11(12)14-15/h2-5,8H,6-7H2,1H3. The molecule has 0 fully saturated rings. The summed E-state index contributed by atoms with van der Waals surface area (Å²) in [6, 6.07) is 8.09. The summed E-state index contributed by atoms with van der Waals surface area (Å²) < 4.78 is 7.74. The lowest BCUT2D eigenvalue weighted by atomic mass is 10.1. The van der Waals surface area contributed by atoms with Gasteiger partial charge < -0.3 is 4.74 Å². The smallest absolute Gasteiger partial charge is 0.211 e. The fraction of sp³-hybridized carbons (Fsp3) is 0.273. The van der Waals surface area contributed by atoms with Crippen molar-refractivity contribution in [2.75, 3.05) is 7.11 Å². The summed E-state index contributed by atoms with van der Waals surface area (Å²) in [5, 5.41) is 4.23. The average molecular weight is 329 g/mol. The molecule has 0 amide bonds. The van der Waals surface area contributed by atoms with E-state index in [-0.39, 0.29) is 0 Å². The molecule has 0 spiro atoms. The Balaban J connectivity index is 1.94. The number of halogens is 1. The maximum absolute atomic E-state index is 5.11. The van der Waals surface area contributed by atoms with Crippen LogP contribution in [0, 0.1) is 3.83 Å². The first kappa shape index (κ1) is 11.4. The van der Waals surface area contributed by atoms with Crippen LogP contribution in [0.5, 0.6) is 5.75 Å². The van der Waals surface area contributed by atoms with E-state index in [1.54, 1.807) is 13.4 Å². The van der Waals surface area contributed by atoms with Gasteiger partial charge in [0.2, 0.25) is 3.83 Å². The number of nitrogens with zero attached hydrogens (tertiary/aromatic N) is 3. The number of aryl methyl sites for hydroxylation is 2. The lowest BCUT2D eigenvalue weighted by Gasteiger charge is -2.03. The molecule has 0 saturated heterocycles. The maximum Gasteiger partial charge on any atom is 0.211 e. The van der Waals surface area contributed by atoms with Crippen LogP contribution in [0.2, 0.25) is 0 Å². The molecule has 5 heteroatoms. The number of benzene rings is 1. The highest BCUT2D eigenvalue weighted by atomic mass is 127. The van der Waals surface area contributed by atoms with E-state index >= 15 is 0 Å². The first-order valence-electron chi connectivity index (χ1n) is 4.96. The van der Waals surface area contributed by atoms with E-state index in [2.05, 4.69) is 44.8 Å². The van der Waals surface area contributed by atoms with Crippen molar-refractivity contribution < 1.29 is 4.74 Å². The molecule has 0 bridgehead atoms. The Bertz CT molecular complexity index is 453. The number of aromatic nitrogens is 3. The van der Waals surface area contributed by atoms with Crippen LogP contribution in [0.3, 0.4) is 0 Å². The van der Waals surface area contributed by atoms with Gasteiger partial charge in [0.1, 0.15) is 12.1 Å². The first-order chi connectivity index (χ1) is 7.78. The normalized spacial score (nSPS) is 10.4. The molecule has 16 heavy (non-hydrogen) atoms. The second kappa shape index (κ2) is 5.29. The molecule has 2 aromatic rings. The monoisotopic (exact) mass is 329 g/mol. The maximum atomic E-state index is 5.11. The molecule has 0 atom stereocenters. The summed E-state index contributed by atoms with van der Waals surface area (Å²) in [5.74, 6) is 0.888. The van der Waals surface area contributed by atoms with Crippen molar-refractivity contribution in [3.63, 3.8) is 0 Å². The molecule has 0 radical (unpaired) electrons. The van der Waals surface area contributed by atoms with E-state index in [4.69, 9.17) is 4.74 Å². The Hall–Kier alpha value is -1.11. The van der Waals surface area contributed by atoms with Crippen molar-refractivity contribution in [3.05, 3.63) is 40.0 Å². The third-order valence-corrected chi connectivity index (χ3v) is 2.79. The molecule has 4 nitrogen and oxygen atoms in total.